The molecule has 98 valence electrons. The van der Waals surface area contributed by atoms with Crippen LogP contribution in [0.1, 0.15) is 25.7 Å². The summed E-state index contributed by atoms with van der Waals surface area (Å²) in [4.78, 5) is 11.0. The molecule has 0 heterocycles. The first-order valence-electron chi connectivity index (χ1n) is 5.46. The highest BCUT2D eigenvalue weighted by Gasteiger charge is 2.70. The van der Waals surface area contributed by atoms with E-state index in [0.29, 0.717) is 12.5 Å². The molecule has 0 aromatic carbocycles. The fraction of sp³-hybridized carbons (Fsp3) is 0.900. The summed E-state index contributed by atoms with van der Waals surface area (Å²) >= 11 is 0. The predicted molar refractivity (Wildman–Crippen MR) is 51.3 cm³/mol. The van der Waals surface area contributed by atoms with Crippen molar-refractivity contribution in [2.24, 2.45) is 5.92 Å². The second-order valence-corrected chi connectivity index (χ2v) is 5.09. The number of rotatable bonds is 4. The Bertz CT molecular complexity index is 332. The second-order valence-electron chi connectivity index (χ2n) is 5.09. The van der Waals surface area contributed by atoms with Gasteiger partial charge in [0.1, 0.15) is 5.54 Å². The number of halogens is 3. The molecule has 2 aliphatic rings. The van der Waals surface area contributed by atoms with Gasteiger partial charge in [0.25, 0.3) is 0 Å². The summed E-state index contributed by atoms with van der Waals surface area (Å²) in [5.41, 5.74) is -4.48. The number of hydrogen-bond acceptors (Lipinski definition) is 3. The quantitative estimate of drug-likeness (QED) is 0.696. The van der Waals surface area contributed by atoms with Crippen molar-refractivity contribution in [2.75, 3.05) is 6.54 Å². The van der Waals surface area contributed by atoms with Gasteiger partial charge in [-0.15, -0.1) is 0 Å². The van der Waals surface area contributed by atoms with Gasteiger partial charge in [-0.05, 0) is 25.3 Å². The molecule has 2 rings (SSSR count). The van der Waals surface area contributed by atoms with Gasteiger partial charge in [-0.25, -0.2) is 0 Å². The lowest BCUT2D eigenvalue weighted by molar-refractivity contribution is -0.303. The number of carboxylic acid groups (broad SMARTS) is 1. The zero-order valence-electron chi connectivity index (χ0n) is 9.05. The normalized spacial score (nSPS) is 37.6. The summed E-state index contributed by atoms with van der Waals surface area (Å²) in [5.74, 6) is -0.960. The molecule has 2 saturated carbocycles. The number of aliphatic hydroxyl groups is 1. The van der Waals surface area contributed by atoms with E-state index in [0.717, 1.165) is 12.8 Å². The van der Waals surface area contributed by atoms with Gasteiger partial charge in [0.15, 0.2) is 5.60 Å². The molecule has 0 aromatic heterocycles. The lowest BCUT2D eigenvalue weighted by Crippen LogP contribution is -2.72. The molecular formula is C10H14F3NO3. The lowest BCUT2D eigenvalue weighted by Gasteiger charge is -2.51. The van der Waals surface area contributed by atoms with Gasteiger partial charge in [0.05, 0.1) is 0 Å². The Labute approximate surface area is 95.8 Å². The fourth-order valence-electron chi connectivity index (χ4n) is 2.16. The third-order valence-electron chi connectivity index (χ3n) is 3.55. The second kappa shape index (κ2) is 3.58. The van der Waals surface area contributed by atoms with Crippen LogP contribution in [0.25, 0.3) is 0 Å². The third-order valence-corrected chi connectivity index (χ3v) is 3.55. The highest BCUT2D eigenvalue weighted by molar-refractivity contribution is 5.81. The molecule has 4 nitrogen and oxygen atoms in total. The first-order chi connectivity index (χ1) is 7.69. The highest BCUT2D eigenvalue weighted by atomic mass is 19.4. The predicted octanol–water partition coefficient (Wildman–Crippen LogP) is 0.897. The number of aliphatic carboxylic acids is 1. The minimum atomic E-state index is -4.77. The van der Waals surface area contributed by atoms with Crippen molar-refractivity contribution in [2.45, 2.75) is 43.0 Å². The molecule has 0 unspecified atom stereocenters. The molecule has 2 fully saturated rings. The Hall–Kier alpha value is -0.820. The van der Waals surface area contributed by atoms with Gasteiger partial charge in [-0.3, -0.25) is 4.79 Å². The maximum Gasteiger partial charge on any atom is 0.417 e. The standard InChI is InChI=1S/C10H14F3NO3/c11-10(12,13)9(17)4-8(5-9,7(15)16)14-3-6-1-2-6/h6,14,17H,1-5H2,(H,15,16). The average Bonchev–Trinajstić information content (AvgIpc) is 2.91. The van der Waals surface area contributed by atoms with Crippen LogP contribution in [0.2, 0.25) is 0 Å². The highest BCUT2D eigenvalue weighted by Crippen LogP contribution is 2.51. The minimum Gasteiger partial charge on any atom is -0.480 e. The van der Waals surface area contributed by atoms with Crippen molar-refractivity contribution in [1.29, 1.82) is 0 Å². The van der Waals surface area contributed by atoms with Gasteiger partial charge >= 0.3 is 12.1 Å². The summed E-state index contributed by atoms with van der Waals surface area (Å²) in [7, 11) is 0. The summed E-state index contributed by atoms with van der Waals surface area (Å²) in [6.07, 6.45) is -4.44. The Balaban J connectivity index is 2.00. The average molecular weight is 253 g/mol. The molecule has 17 heavy (non-hydrogen) atoms. The summed E-state index contributed by atoms with van der Waals surface area (Å²) in [6.45, 7) is 0.403. The summed E-state index contributed by atoms with van der Waals surface area (Å²) in [6, 6.07) is 0. The largest absolute Gasteiger partial charge is 0.480 e. The Kier molecular flexibility index (Phi) is 2.66. The van der Waals surface area contributed by atoms with E-state index >= 15 is 0 Å². The molecule has 2 aliphatic carbocycles. The van der Waals surface area contributed by atoms with Gasteiger partial charge in [0, 0.05) is 12.8 Å². The number of alkyl halides is 3. The Morgan fingerprint density at radius 1 is 1.35 bits per heavy atom. The van der Waals surface area contributed by atoms with Gasteiger partial charge < -0.3 is 15.5 Å². The fourth-order valence-corrected chi connectivity index (χ4v) is 2.16. The number of carbonyl (C=O) groups is 1. The zero-order chi connectivity index (χ0) is 12.9. The zero-order valence-corrected chi connectivity index (χ0v) is 9.05. The minimum absolute atomic E-state index is 0.366. The van der Waals surface area contributed by atoms with Crippen LogP contribution in [-0.4, -0.2) is 40.0 Å². The molecule has 0 spiro atoms. The van der Waals surface area contributed by atoms with Crippen LogP contribution in [0.5, 0.6) is 0 Å². The van der Waals surface area contributed by atoms with E-state index in [2.05, 4.69) is 5.32 Å². The van der Waals surface area contributed by atoms with Crippen LogP contribution in [0.3, 0.4) is 0 Å². The topological polar surface area (TPSA) is 69.6 Å². The summed E-state index contributed by atoms with van der Waals surface area (Å²) < 4.78 is 37.3. The van der Waals surface area contributed by atoms with E-state index in [1.165, 1.54) is 0 Å². The third kappa shape index (κ3) is 2.13. The molecular weight excluding hydrogens is 239 g/mol. The molecule has 0 aromatic rings. The van der Waals surface area contributed by atoms with Crippen molar-refractivity contribution in [3.05, 3.63) is 0 Å². The molecule has 0 saturated heterocycles. The molecule has 0 amide bonds. The molecule has 0 atom stereocenters. The molecule has 3 N–H and O–H groups in total. The van der Waals surface area contributed by atoms with Gasteiger partial charge in [-0.2, -0.15) is 13.2 Å². The first kappa shape index (κ1) is 12.6. The Morgan fingerprint density at radius 2 is 1.88 bits per heavy atom. The molecule has 0 radical (unpaired) electrons. The first-order valence-corrected chi connectivity index (χ1v) is 5.46. The van der Waals surface area contributed by atoms with E-state index in [9.17, 15) is 23.1 Å². The van der Waals surface area contributed by atoms with Crippen molar-refractivity contribution in [1.82, 2.24) is 5.32 Å². The van der Waals surface area contributed by atoms with Crippen LogP contribution >= 0.6 is 0 Å². The van der Waals surface area contributed by atoms with E-state index in [1.54, 1.807) is 0 Å². The Morgan fingerprint density at radius 3 is 2.24 bits per heavy atom. The van der Waals surface area contributed by atoms with Gasteiger partial charge in [0.2, 0.25) is 0 Å². The number of nitrogens with one attached hydrogen (secondary N) is 1. The van der Waals surface area contributed by atoms with E-state index in [4.69, 9.17) is 5.11 Å². The van der Waals surface area contributed by atoms with Crippen molar-refractivity contribution >= 4 is 5.97 Å². The van der Waals surface area contributed by atoms with E-state index in [1.807, 2.05) is 0 Å². The van der Waals surface area contributed by atoms with Crippen LogP contribution in [0, 0.1) is 5.92 Å². The van der Waals surface area contributed by atoms with Crippen LogP contribution in [0.4, 0.5) is 13.2 Å². The SMILES string of the molecule is O=C(O)C1(NCC2CC2)CC(O)(C(F)(F)F)C1. The van der Waals surface area contributed by atoms with Crippen molar-refractivity contribution in [3.63, 3.8) is 0 Å². The van der Waals surface area contributed by atoms with E-state index in [-0.39, 0.29) is 0 Å². The van der Waals surface area contributed by atoms with Crippen LogP contribution in [-0.2, 0) is 4.79 Å². The van der Waals surface area contributed by atoms with Crippen LogP contribution < -0.4 is 5.32 Å². The monoisotopic (exact) mass is 253 g/mol. The summed E-state index contributed by atoms with van der Waals surface area (Å²) in [5, 5.41) is 20.9. The van der Waals surface area contributed by atoms with E-state index < -0.39 is 36.1 Å². The molecule has 0 aliphatic heterocycles. The maximum atomic E-state index is 12.4. The van der Waals surface area contributed by atoms with Crippen molar-refractivity contribution in [3.8, 4) is 0 Å². The molecule has 7 heteroatoms. The number of carboxylic acids is 1. The smallest absolute Gasteiger partial charge is 0.417 e. The molecule has 0 bridgehead atoms. The van der Waals surface area contributed by atoms with Crippen molar-refractivity contribution < 1.29 is 28.2 Å². The maximum absolute atomic E-state index is 12.4. The van der Waals surface area contributed by atoms with Gasteiger partial charge in [-0.1, -0.05) is 0 Å². The van der Waals surface area contributed by atoms with Crippen LogP contribution in [0.15, 0.2) is 0 Å². The number of hydrogen-bond donors (Lipinski definition) is 3. The lowest BCUT2D eigenvalue weighted by atomic mass is 9.64.